The molecule has 0 amide bonds. The van der Waals surface area contributed by atoms with E-state index in [2.05, 4.69) is 9.97 Å². The molecule has 3 nitrogen and oxygen atoms in total. The summed E-state index contributed by atoms with van der Waals surface area (Å²) in [5, 5.41) is 0.513. The van der Waals surface area contributed by atoms with Crippen molar-refractivity contribution in [1.29, 1.82) is 0 Å². The van der Waals surface area contributed by atoms with Crippen molar-refractivity contribution in [1.82, 2.24) is 9.97 Å². The van der Waals surface area contributed by atoms with Crippen LogP contribution in [0.4, 0.5) is 8.78 Å². The molecule has 0 fully saturated rings. The summed E-state index contributed by atoms with van der Waals surface area (Å²) in [4.78, 5) is 8.93. The first kappa shape index (κ1) is 19.3. The van der Waals surface area contributed by atoms with E-state index >= 15 is 0 Å². The first-order valence-electron chi connectivity index (χ1n) is 8.64. The number of halogens is 2. The Kier molecular flexibility index (Phi) is 6.06. The molecule has 0 aliphatic rings. The highest BCUT2D eigenvalue weighted by molar-refractivity contribution is 7.98. The molecule has 0 saturated heterocycles. The Hall–Kier alpha value is -2.47. The molecule has 0 aliphatic carbocycles. The molecular formula is C21H20F2N2OS. The molecule has 2 aromatic carbocycles. The van der Waals surface area contributed by atoms with E-state index in [4.69, 9.17) is 4.74 Å². The maximum Gasteiger partial charge on any atom is 0.223 e. The predicted octanol–water partition coefficient (Wildman–Crippen LogP) is 6.02. The Morgan fingerprint density at radius 2 is 1.74 bits per heavy atom. The first-order chi connectivity index (χ1) is 12.9. The van der Waals surface area contributed by atoms with Crippen LogP contribution in [0, 0.1) is 25.5 Å². The van der Waals surface area contributed by atoms with Gasteiger partial charge in [0.2, 0.25) is 5.88 Å². The minimum Gasteiger partial charge on any atom is -0.439 e. The minimum atomic E-state index is -0.590. The van der Waals surface area contributed by atoms with Crippen molar-refractivity contribution in [3.63, 3.8) is 0 Å². The van der Waals surface area contributed by atoms with Gasteiger partial charge >= 0.3 is 0 Å². The zero-order valence-electron chi connectivity index (χ0n) is 15.4. The summed E-state index contributed by atoms with van der Waals surface area (Å²) < 4.78 is 32.7. The maximum atomic E-state index is 13.3. The number of aromatic nitrogens is 2. The van der Waals surface area contributed by atoms with Crippen LogP contribution in [-0.2, 0) is 12.2 Å². The van der Waals surface area contributed by atoms with Crippen LogP contribution in [0.5, 0.6) is 11.6 Å². The topological polar surface area (TPSA) is 35.0 Å². The lowest BCUT2D eigenvalue weighted by Crippen LogP contribution is -1.99. The number of thioether (sulfide) groups is 1. The number of aryl methyl sites for hydroxylation is 2. The van der Waals surface area contributed by atoms with Gasteiger partial charge in [-0.25, -0.2) is 13.8 Å². The summed E-state index contributed by atoms with van der Waals surface area (Å²) in [6.45, 7) is 6.03. The van der Waals surface area contributed by atoms with Crippen molar-refractivity contribution in [3.05, 3.63) is 76.5 Å². The van der Waals surface area contributed by atoms with E-state index < -0.39 is 11.6 Å². The van der Waals surface area contributed by atoms with Crippen LogP contribution in [0.3, 0.4) is 0 Å². The molecule has 0 atom stereocenters. The monoisotopic (exact) mass is 386 g/mol. The number of hydrogen-bond donors (Lipinski definition) is 0. The van der Waals surface area contributed by atoms with Gasteiger partial charge < -0.3 is 4.74 Å². The molecule has 0 unspecified atom stereocenters. The molecule has 3 rings (SSSR count). The number of nitrogens with zero attached hydrogens (tertiary/aromatic N) is 2. The molecule has 3 aromatic rings. The van der Waals surface area contributed by atoms with E-state index in [1.165, 1.54) is 23.9 Å². The van der Waals surface area contributed by atoms with E-state index in [0.29, 0.717) is 22.4 Å². The Bertz CT molecular complexity index is 943. The van der Waals surface area contributed by atoms with Crippen LogP contribution in [-0.4, -0.2) is 9.97 Å². The standard InChI is InChI=1S/C21H20F2N2OS/c1-4-18-11-20(26-19-7-5-6-13(2)14(19)3)25-21(24-18)27-12-15-8-16(22)10-17(23)9-15/h5-11H,4,12H2,1-3H3. The summed E-state index contributed by atoms with van der Waals surface area (Å²) in [6, 6.07) is 11.2. The van der Waals surface area contributed by atoms with E-state index in [1.54, 1.807) is 0 Å². The van der Waals surface area contributed by atoms with Crippen LogP contribution in [0.2, 0.25) is 0 Å². The highest BCUT2D eigenvalue weighted by atomic mass is 32.2. The third-order valence-electron chi connectivity index (χ3n) is 4.16. The largest absolute Gasteiger partial charge is 0.439 e. The molecular weight excluding hydrogens is 366 g/mol. The van der Waals surface area contributed by atoms with Gasteiger partial charge in [-0.3, -0.25) is 0 Å². The summed E-state index contributed by atoms with van der Waals surface area (Å²) in [6.07, 6.45) is 0.730. The zero-order chi connectivity index (χ0) is 19.4. The Balaban J connectivity index is 1.81. The molecule has 0 aliphatic heterocycles. The van der Waals surface area contributed by atoms with Crippen LogP contribution in [0.15, 0.2) is 47.6 Å². The Labute approximate surface area is 161 Å². The van der Waals surface area contributed by atoms with E-state index in [-0.39, 0.29) is 0 Å². The summed E-state index contributed by atoms with van der Waals surface area (Å²) >= 11 is 1.32. The SMILES string of the molecule is CCc1cc(Oc2cccc(C)c2C)nc(SCc2cc(F)cc(F)c2)n1. The van der Waals surface area contributed by atoms with Gasteiger partial charge in [-0.05, 0) is 55.2 Å². The second-order valence-corrected chi connectivity index (χ2v) is 7.14. The second kappa shape index (κ2) is 8.48. The summed E-state index contributed by atoms with van der Waals surface area (Å²) in [7, 11) is 0. The fourth-order valence-corrected chi connectivity index (χ4v) is 3.34. The van der Waals surface area contributed by atoms with Crippen molar-refractivity contribution in [2.45, 2.75) is 38.1 Å². The number of benzene rings is 2. The Morgan fingerprint density at radius 1 is 1.00 bits per heavy atom. The number of rotatable bonds is 6. The van der Waals surface area contributed by atoms with Gasteiger partial charge in [0.05, 0.1) is 0 Å². The molecule has 1 aromatic heterocycles. The van der Waals surface area contributed by atoms with Gasteiger partial charge in [-0.1, -0.05) is 30.8 Å². The van der Waals surface area contributed by atoms with Crippen molar-refractivity contribution in [2.75, 3.05) is 0 Å². The second-order valence-electron chi connectivity index (χ2n) is 6.20. The maximum absolute atomic E-state index is 13.3. The smallest absolute Gasteiger partial charge is 0.223 e. The van der Waals surface area contributed by atoms with Gasteiger partial charge in [-0.15, -0.1) is 0 Å². The van der Waals surface area contributed by atoms with Gasteiger partial charge in [0, 0.05) is 23.6 Å². The molecule has 6 heteroatoms. The van der Waals surface area contributed by atoms with Crippen LogP contribution in [0.25, 0.3) is 0 Å². The molecule has 27 heavy (non-hydrogen) atoms. The Morgan fingerprint density at radius 3 is 2.44 bits per heavy atom. The van der Waals surface area contributed by atoms with Gasteiger partial charge in [0.25, 0.3) is 0 Å². The molecule has 1 heterocycles. The zero-order valence-corrected chi connectivity index (χ0v) is 16.2. The summed E-state index contributed by atoms with van der Waals surface area (Å²) in [5.74, 6) is 0.396. The number of hydrogen-bond acceptors (Lipinski definition) is 4. The normalized spacial score (nSPS) is 10.9. The van der Waals surface area contributed by atoms with E-state index in [1.807, 2.05) is 45.0 Å². The average molecular weight is 386 g/mol. The van der Waals surface area contributed by atoms with E-state index in [0.717, 1.165) is 35.1 Å². The lowest BCUT2D eigenvalue weighted by Gasteiger charge is -2.11. The fraction of sp³-hybridized carbons (Fsp3) is 0.238. The highest BCUT2D eigenvalue weighted by Crippen LogP contribution is 2.28. The van der Waals surface area contributed by atoms with Crippen LogP contribution >= 0.6 is 11.8 Å². The van der Waals surface area contributed by atoms with Crippen molar-refractivity contribution in [2.24, 2.45) is 0 Å². The number of ether oxygens (including phenoxy) is 1. The van der Waals surface area contributed by atoms with Gasteiger partial charge in [0.15, 0.2) is 5.16 Å². The van der Waals surface area contributed by atoms with Crippen molar-refractivity contribution < 1.29 is 13.5 Å². The van der Waals surface area contributed by atoms with Gasteiger partial charge in [-0.2, -0.15) is 4.98 Å². The lowest BCUT2D eigenvalue weighted by atomic mass is 10.1. The fourth-order valence-electron chi connectivity index (χ4n) is 2.54. The molecule has 0 bridgehead atoms. The predicted molar refractivity (Wildman–Crippen MR) is 103 cm³/mol. The third kappa shape index (κ3) is 5.04. The molecule has 140 valence electrons. The van der Waals surface area contributed by atoms with Crippen molar-refractivity contribution in [3.8, 4) is 11.6 Å². The molecule has 0 N–H and O–H groups in total. The molecule has 0 spiro atoms. The average Bonchev–Trinajstić information content (AvgIpc) is 2.63. The quantitative estimate of drug-likeness (QED) is 0.383. The third-order valence-corrected chi connectivity index (χ3v) is 5.08. The highest BCUT2D eigenvalue weighted by Gasteiger charge is 2.10. The van der Waals surface area contributed by atoms with E-state index in [9.17, 15) is 8.78 Å². The molecule has 0 saturated carbocycles. The van der Waals surface area contributed by atoms with Gasteiger partial charge in [0.1, 0.15) is 17.4 Å². The minimum absolute atomic E-state index is 0.366. The molecule has 0 radical (unpaired) electrons. The summed E-state index contributed by atoms with van der Waals surface area (Å²) in [5.41, 5.74) is 3.58. The lowest BCUT2D eigenvalue weighted by molar-refractivity contribution is 0.450. The van der Waals surface area contributed by atoms with Crippen LogP contribution in [0.1, 0.15) is 29.3 Å². The van der Waals surface area contributed by atoms with Crippen LogP contribution < -0.4 is 4.74 Å². The van der Waals surface area contributed by atoms with Crippen molar-refractivity contribution >= 4 is 11.8 Å². The first-order valence-corrected chi connectivity index (χ1v) is 9.63.